The molecule has 0 saturated heterocycles. The average Bonchev–Trinajstić information content (AvgIpc) is 2.24. The predicted octanol–water partition coefficient (Wildman–Crippen LogP) is 1.08. The molecule has 0 saturated carbocycles. The van der Waals surface area contributed by atoms with Gasteiger partial charge in [0.2, 0.25) is 5.91 Å². The predicted molar refractivity (Wildman–Crippen MR) is 62.1 cm³/mol. The molecule has 5 nitrogen and oxygen atoms in total. The lowest BCUT2D eigenvalue weighted by atomic mass is 10.3. The third kappa shape index (κ3) is 5.50. The van der Waals surface area contributed by atoms with Gasteiger partial charge in [0.05, 0.1) is 0 Å². The van der Waals surface area contributed by atoms with Gasteiger partial charge in [0, 0.05) is 25.7 Å². The third-order valence-electron chi connectivity index (χ3n) is 1.87. The second-order valence-corrected chi connectivity index (χ2v) is 3.37. The van der Waals surface area contributed by atoms with Crippen molar-refractivity contribution in [3.8, 4) is 0 Å². The number of urea groups is 1. The summed E-state index contributed by atoms with van der Waals surface area (Å²) in [5.41, 5.74) is 0.377. The highest BCUT2D eigenvalue weighted by Crippen LogP contribution is 2.08. The number of carbonyl (C=O) groups excluding carboxylic acids is 2. The number of amides is 3. The van der Waals surface area contributed by atoms with E-state index in [0.717, 1.165) is 0 Å². The van der Waals surface area contributed by atoms with E-state index < -0.39 is 11.8 Å². The van der Waals surface area contributed by atoms with E-state index in [1.165, 1.54) is 25.1 Å². The Morgan fingerprint density at radius 2 is 1.94 bits per heavy atom. The van der Waals surface area contributed by atoms with Gasteiger partial charge in [-0.05, 0) is 18.2 Å². The average molecular weight is 239 g/mol. The first-order chi connectivity index (χ1) is 8.08. The summed E-state index contributed by atoms with van der Waals surface area (Å²) in [7, 11) is 0. The molecule has 0 heterocycles. The Labute approximate surface area is 98.4 Å². The number of nitrogens with one attached hydrogen (secondary N) is 3. The maximum atomic E-state index is 12.8. The lowest BCUT2D eigenvalue weighted by Crippen LogP contribution is -2.36. The van der Waals surface area contributed by atoms with Crippen LogP contribution in [0.1, 0.15) is 6.92 Å². The molecule has 1 aromatic rings. The maximum absolute atomic E-state index is 12.8. The normalized spacial score (nSPS) is 9.53. The van der Waals surface area contributed by atoms with E-state index in [4.69, 9.17) is 0 Å². The summed E-state index contributed by atoms with van der Waals surface area (Å²) >= 11 is 0. The number of benzene rings is 1. The second kappa shape index (κ2) is 6.47. The number of carbonyl (C=O) groups is 2. The minimum atomic E-state index is -0.444. The zero-order valence-corrected chi connectivity index (χ0v) is 9.42. The SMILES string of the molecule is CC(=O)NCCNC(=O)Nc1cccc(F)c1. The zero-order valence-electron chi connectivity index (χ0n) is 9.42. The van der Waals surface area contributed by atoms with Crippen LogP contribution in [-0.4, -0.2) is 25.0 Å². The van der Waals surface area contributed by atoms with Gasteiger partial charge in [0.15, 0.2) is 0 Å². The molecule has 0 bridgehead atoms. The van der Waals surface area contributed by atoms with Gasteiger partial charge in [-0.2, -0.15) is 0 Å². The van der Waals surface area contributed by atoms with Crippen molar-refractivity contribution in [2.45, 2.75) is 6.92 Å². The smallest absolute Gasteiger partial charge is 0.319 e. The Morgan fingerprint density at radius 1 is 1.24 bits per heavy atom. The van der Waals surface area contributed by atoms with Crippen molar-refractivity contribution in [2.75, 3.05) is 18.4 Å². The van der Waals surface area contributed by atoms with Crippen LogP contribution in [-0.2, 0) is 4.79 Å². The van der Waals surface area contributed by atoms with E-state index in [1.54, 1.807) is 6.07 Å². The van der Waals surface area contributed by atoms with Crippen molar-refractivity contribution in [3.05, 3.63) is 30.1 Å². The molecule has 0 unspecified atom stereocenters. The molecular weight excluding hydrogens is 225 g/mol. The van der Waals surface area contributed by atoms with Gasteiger partial charge in [-0.3, -0.25) is 4.79 Å². The number of rotatable bonds is 4. The van der Waals surface area contributed by atoms with Gasteiger partial charge < -0.3 is 16.0 Å². The van der Waals surface area contributed by atoms with Crippen LogP contribution in [0, 0.1) is 5.82 Å². The summed E-state index contributed by atoms with van der Waals surface area (Å²) in [6.45, 7) is 2.06. The molecule has 0 aliphatic carbocycles. The van der Waals surface area contributed by atoms with Gasteiger partial charge in [0.1, 0.15) is 5.82 Å². The molecule has 3 N–H and O–H groups in total. The van der Waals surface area contributed by atoms with Crippen LogP contribution in [0.4, 0.5) is 14.9 Å². The lowest BCUT2D eigenvalue weighted by Gasteiger charge is -2.07. The molecule has 17 heavy (non-hydrogen) atoms. The van der Waals surface area contributed by atoms with E-state index >= 15 is 0 Å². The number of halogens is 1. The Kier molecular flexibility index (Phi) is 4.93. The van der Waals surface area contributed by atoms with Crippen LogP contribution in [0.15, 0.2) is 24.3 Å². The molecule has 0 radical (unpaired) electrons. The number of hydrogen-bond acceptors (Lipinski definition) is 2. The molecule has 0 aliphatic rings. The van der Waals surface area contributed by atoms with E-state index in [-0.39, 0.29) is 5.91 Å². The Hall–Kier alpha value is -2.11. The minimum absolute atomic E-state index is 0.155. The fourth-order valence-electron chi connectivity index (χ4n) is 1.16. The zero-order chi connectivity index (χ0) is 12.7. The molecule has 0 aromatic heterocycles. The Morgan fingerprint density at radius 3 is 2.59 bits per heavy atom. The van der Waals surface area contributed by atoms with Gasteiger partial charge in [0.25, 0.3) is 0 Å². The summed E-state index contributed by atoms with van der Waals surface area (Å²) in [6.07, 6.45) is 0. The van der Waals surface area contributed by atoms with Crippen molar-refractivity contribution < 1.29 is 14.0 Å². The van der Waals surface area contributed by atoms with E-state index in [2.05, 4.69) is 16.0 Å². The summed E-state index contributed by atoms with van der Waals surface area (Å²) < 4.78 is 12.8. The lowest BCUT2D eigenvalue weighted by molar-refractivity contribution is -0.118. The monoisotopic (exact) mass is 239 g/mol. The first kappa shape index (κ1) is 13.0. The van der Waals surface area contributed by atoms with Crippen LogP contribution < -0.4 is 16.0 Å². The van der Waals surface area contributed by atoms with Crippen LogP contribution in [0.5, 0.6) is 0 Å². The van der Waals surface area contributed by atoms with Crippen molar-refractivity contribution in [1.82, 2.24) is 10.6 Å². The molecule has 1 rings (SSSR count). The van der Waals surface area contributed by atoms with Crippen molar-refractivity contribution >= 4 is 17.6 Å². The highest BCUT2D eigenvalue weighted by Gasteiger charge is 2.01. The first-order valence-corrected chi connectivity index (χ1v) is 5.13. The molecule has 3 amide bonds. The fraction of sp³-hybridized carbons (Fsp3) is 0.273. The van der Waals surface area contributed by atoms with Crippen molar-refractivity contribution in [3.63, 3.8) is 0 Å². The van der Waals surface area contributed by atoms with Gasteiger partial charge >= 0.3 is 6.03 Å². The van der Waals surface area contributed by atoms with Crippen LogP contribution >= 0.6 is 0 Å². The van der Waals surface area contributed by atoms with Gasteiger partial charge in [-0.15, -0.1) is 0 Å². The second-order valence-electron chi connectivity index (χ2n) is 3.37. The molecular formula is C11H14FN3O2. The summed E-state index contributed by atoms with van der Waals surface area (Å²) in [6, 6.07) is 5.15. The summed E-state index contributed by atoms with van der Waals surface area (Å²) in [4.78, 5) is 21.8. The van der Waals surface area contributed by atoms with E-state index in [1.807, 2.05) is 0 Å². The van der Waals surface area contributed by atoms with Crippen molar-refractivity contribution in [1.29, 1.82) is 0 Å². The summed E-state index contributed by atoms with van der Waals surface area (Å²) in [5, 5.41) is 7.52. The number of hydrogen-bond donors (Lipinski definition) is 3. The quantitative estimate of drug-likeness (QED) is 0.688. The van der Waals surface area contributed by atoms with Gasteiger partial charge in [-0.1, -0.05) is 6.07 Å². The standard InChI is InChI=1S/C11H14FN3O2/c1-8(16)13-5-6-14-11(17)15-10-4-2-3-9(12)7-10/h2-4,7H,5-6H2,1H3,(H,13,16)(H2,14,15,17). The topological polar surface area (TPSA) is 70.2 Å². The van der Waals surface area contributed by atoms with Crippen LogP contribution in [0.25, 0.3) is 0 Å². The Balaban J connectivity index is 2.27. The van der Waals surface area contributed by atoms with Crippen LogP contribution in [0.3, 0.4) is 0 Å². The van der Waals surface area contributed by atoms with Crippen molar-refractivity contribution in [2.24, 2.45) is 0 Å². The number of anilines is 1. The highest BCUT2D eigenvalue weighted by molar-refractivity contribution is 5.89. The molecule has 0 atom stereocenters. The molecule has 1 aromatic carbocycles. The molecule has 6 heteroatoms. The van der Waals surface area contributed by atoms with Gasteiger partial charge in [-0.25, -0.2) is 9.18 Å². The molecule has 0 fully saturated rings. The van der Waals surface area contributed by atoms with E-state index in [0.29, 0.717) is 18.8 Å². The minimum Gasteiger partial charge on any atom is -0.355 e. The largest absolute Gasteiger partial charge is 0.355 e. The molecule has 0 aliphatic heterocycles. The third-order valence-corrected chi connectivity index (χ3v) is 1.87. The van der Waals surface area contributed by atoms with Crippen LogP contribution in [0.2, 0.25) is 0 Å². The summed E-state index contributed by atoms with van der Waals surface area (Å²) in [5.74, 6) is -0.571. The molecule has 0 spiro atoms. The Bertz CT molecular complexity index is 409. The molecule has 92 valence electrons. The fourth-order valence-corrected chi connectivity index (χ4v) is 1.16. The highest BCUT2D eigenvalue weighted by atomic mass is 19.1. The first-order valence-electron chi connectivity index (χ1n) is 5.13. The maximum Gasteiger partial charge on any atom is 0.319 e. The van der Waals surface area contributed by atoms with E-state index in [9.17, 15) is 14.0 Å².